The SMILES string of the molecule is COc1ccc(OCc2nnc(SCC(=O)Nc3cc(S(=O)(=O)N4CCCCC4)ccc3Cl)n2-c2ccc(C)c(Cl)c2)cc1. The lowest BCUT2D eigenvalue weighted by molar-refractivity contribution is -0.113. The van der Waals surface area contributed by atoms with Gasteiger partial charge in [0.1, 0.15) is 18.1 Å². The average molecular weight is 677 g/mol. The Labute approximate surface area is 270 Å². The summed E-state index contributed by atoms with van der Waals surface area (Å²) in [6.07, 6.45) is 2.65. The van der Waals surface area contributed by atoms with E-state index in [1.165, 1.54) is 22.5 Å². The molecule has 10 nitrogen and oxygen atoms in total. The maximum absolute atomic E-state index is 13.2. The monoisotopic (exact) mass is 675 g/mol. The second kappa shape index (κ2) is 14.2. The van der Waals surface area contributed by atoms with Gasteiger partial charge in [-0.3, -0.25) is 9.36 Å². The number of methoxy groups -OCH3 is 1. The van der Waals surface area contributed by atoms with Gasteiger partial charge in [-0.25, -0.2) is 8.42 Å². The number of carbonyl (C=O) groups excluding carboxylic acids is 1. The molecule has 1 fully saturated rings. The number of ether oxygens (including phenoxy) is 2. The lowest BCUT2D eigenvalue weighted by Crippen LogP contribution is -2.35. The number of piperidine rings is 1. The van der Waals surface area contributed by atoms with Crippen molar-refractivity contribution in [2.45, 2.75) is 42.8 Å². The van der Waals surface area contributed by atoms with Crippen LogP contribution < -0.4 is 14.8 Å². The van der Waals surface area contributed by atoms with Crippen LogP contribution in [-0.2, 0) is 21.4 Å². The summed E-state index contributed by atoms with van der Waals surface area (Å²) in [6, 6.07) is 17.1. The molecule has 3 aromatic carbocycles. The fourth-order valence-corrected chi connectivity index (χ4v) is 7.27. The van der Waals surface area contributed by atoms with E-state index in [-0.39, 0.29) is 28.0 Å². The number of sulfonamides is 1. The maximum Gasteiger partial charge on any atom is 0.243 e. The highest BCUT2D eigenvalue weighted by Crippen LogP contribution is 2.30. The van der Waals surface area contributed by atoms with E-state index in [0.29, 0.717) is 46.3 Å². The molecule has 232 valence electrons. The van der Waals surface area contributed by atoms with Crippen LogP contribution >= 0.6 is 35.0 Å². The molecule has 14 heteroatoms. The summed E-state index contributed by atoms with van der Waals surface area (Å²) in [5, 5.41) is 12.6. The van der Waals surface area contributed by atoms with Gasteiger partial charge in [0.05, 0.1) is 34.2 Å². The number of thioether (sulfide) groups is 1. The summed E-state index contributed by atoms with van der Waals surface area (Å²) in [5.74, 6) is 1.40. The van der Waals surface area contributed by atoms with Crippen LogP contribution in [0.2, 0.25) is 10.0 Å². The number of anilines is 1. The molecular formula is C30H31Cl2N5O5S2. The number of halogens is 2. The zero-order chi connectivity index (χ0) is 31.3. The molecule has 1 aliphatic heterocycles. The molecule has 5 rings (SSSR count). The van der Waals surface area contributed by atoms with Crippen LogP contribution in [0.4, 0.5) is 5.69 Å². The molecule has 0 atom stereocenters. The average Bonchev–Trinajstić information content (AvgIpc) is 3.44. The molecule has 1 saturated heterocycles. The van der Waals surface area contributed by atoms with Gasteiger partial charge in [-0.15, -0.1) is 10.2 Å². The summed E-state index contributed by atoms with van der Waals surface area (Å²) >= 11 is 13.9. The Morgan fingerprint density at radius 3 is 2.39 bits per heavy atom. The Hall–Kier alpha value is -3.29. The molecule has 1 aromatic heterocycles. The Balaban J connectivity index is 1.32. The molecule has 0 bridgehead atoms. The topological polar surface area (TPSA) is 116 Å². The second-order valence-corrected chi connectivity index (χ2v) is 13.8. The fourth-order valence-electron chi connectivity index (χ4n) is 4.62. The number of benzene rings is 3. The van der Waals surface area contributed by atoms with Crippen molar-refractivity contribution in [3.63, 3.8) is 0 Å². The van der Waals surface area contributed by atoms with Crippen molar-refractivity contribution in [2.24, 2.45) is 0 Å². The van der Waals surface area contributed by atoms with E-state index in [2.05, 4.69) is 15.5 Å². The lowest BCUT2D eigenvalue weighted by atomic mass is 10.2. The van der Waals surface area contributed by atoms with E-state index in [4.69, 9.17) is 32.7 Å². The Morgan fingerprint density at radius 2 is 1.68 bits per heavy atom. The highest BCUT2D eigenvalue weighted by molar-refractivity contribution is 7.99. The predicted molar refractivity (Wildman–Crippen MR) is 172 cm³/mol. The van der Waals surface area contributed by atoms with Gasteiger partial charge in [0.2, 0.25) is 15.9 Å². The molecule has 2 heterocycles. The zero-order valence-corrected chi connectivity index (χ0v) is 27.3. The van der Waals surface area contributed by atoms with Gasteiger partial charge < -0.3 is 14.8 Å². The highest BCUT2D eigenvalue weighted by Gasteiger charge is 2.27. The number of amides is 1. The molecule has 1 aliphatic rings. The standard InChI is InChI=1S/C30H31Cl2N5O5S2/c1-20-6-7-21(16-26(20)32)37-28(18-42-23-10-8-22(41-2)9-11-23)34-35-30(37)43-19-29(38)33-27-17-24(12-13-25(27)31)44(39,40)36-14-4-3-5-15-36/h6-13,16-17H,3-5,14-15,18-19H2,1-2H3,(H,33,38). The van der Waals surface area contributed by atoms with Gasteiger partial charge >= 0.3 is 0 Å². The normalized spacial score (nSPS) is 13.9. The van der Waals surface area contributed by atoms with E-state index in [0.717, 1.165) is 36.6 Å². The Morgan fingerprint density at radius 1 is 0.955 bits per heavy atom. The van der Waals surface area contributed by atoms with Crippen LogP contribution in [0, 0.1) is 6.92 Å². The third-order valence-corrected chi connectivity index (χ3v) is 10.6. The largest absolute Gasteiger partial charge is 0.497 e. The summed E-state index contributed by atoms with van der Waals surface area (Å²) in [4.78, 5) is 13.1. The van der Waals surface area contributed by atoms with Crippen molar-refractivity contribution in [3.8, 4) is 17.2 Å². The van der Waals surface area contributed by atoms with Crippen molar-refractivity contribution in [1.82, 2.24) is 19.1 Å². The first kappa shape index (κ1) is 32.1. The number of aryl methyl sites for hydroxylation is 1. The molecule has 0 radical (unpaired) electrons. The molecule has 0 saturated carbocycles. The first-order valence-corrected chi connectivity index (χ1v) is 17.0. The first-order valence-electron chi connectivity index (χ1n) is 13.9. The minimum absolute atomic E-state index is 0.0451. The van der Waals surface area contributed by atoms with Crippen molar-refractivity contribution in [2.75, 3.05) is 31.3 Å². The predicted octanol–water partition coefficient (Wildman–Crippen LogP) is 6.38. The van der Waals surface area contributed by atoms with Crippen LogP contribution in [0.25, 0.3) is 5.69 Å². The molecular weight excluding hydrogens is 645 g/mol. The van der Waals surface area contributed by atoms with Gasteiger partial charge in [0.25, 0.3) is 0 Å². The minimum atomic E-state index is -3.69. The highest BCUT2D eigenvalue weighted by atomic mass is 35.5. The van der Waals surface area contributed by atoms with Crippen molar-refractivity contribution >= 4 is 56.6 Å². The van der Waals surface area contributed by atoms with E-state index >= 15 is 0 Å². The second-order valence-electron chi connectivity index (χ2n) is 10.1. The smallest absolute Gasteiger partial charge is 0.243 e. The third kappa shape index (κ3) is 7.49. The number of hydrogen-bond acceptors (Lipinski definition) is 8. The van der Waals surface area contributed by atoms with E-state index in [1.807, 2.05) is 19.1 Å². The molecule has 0 spiro atoms. The number of carbonyl (C=O) groups is 1. The molecule has 44 heavy (non-hydrogen) atoms. The van der Waals surface area contributed by atoms with Crippen LogP contribution in [-0.4, -0.2) is 59.3 Å². The summed E-state index contributed by atoms with van der Waals surface area (Å²) < 4.78 is 40.7. The van der Waals surface area contributed by atoms with Gasteiger partial charge in [-0.2, -0.15) is 4.31 Å². The first-order chi connectivity index (χ1) is 21.2. The fraction of sp³-hybridized carbons (Fsp3) is 0.300. The quantitative estimate of drug-likeness (QED) is 0.182. The molecule has 4 aromatic rings. The lowest BCUT2D eigenvalue weighted by Gasteiger charge is -2.26. The van der Waals surface area contributed by atoms with Gasteiger partial charge in [-0.05, 0) is 79.9 Å². The number of rotatable bonds is 11. The van der Waals surface area contributed by atoms with Crippen LogP contribution in [0.15, 0.2) is 70.7 Å². The number of hydrogen-bond donors (Lipinski definition) is 1. The van der Waals surface area contributed by atoms with Crippen molar-refractivity contribution < 1.29 is 22.7 Å². The van der Waals surface area contributed by atoms with Crippen molar-refractivity contribution in [3.05, 3.63) is 82.1 Å². The van der Waals surface area contributed by atoms with Crippen LogP contribution in [0.3, 0.4) is 0 Å². The molecule has 1 amide bonds. The minimum Gasteiger partial charge on any atom is -0.497 e. The zero-order valence-electron chi connectivity index (χ0n) is 24.1. The third-order valence-electron chi connectivity index (χ3n) is 7.04. The summed E-state index contributed by atoms with van der Waals surface area (Å²) in [7, 11) is -2.10. The molecule has 0 aliphatic carbocycles. The maximum atomic E-state index is 13.2. The van der Waals surface area contributed by atoms with E-state index < -0.39 is 15.9 Å². The van der Waals surface area contributed by atoms with E-state index in [1.54, 1.807) is 42.0 Å². The molecule has 1 N–H and O–H groups in total. The Kier molecular flexibility index (Phi) is 10.4. The summed E-state index contributed by atoms with van der Waals surface area (Å²) in [6.45, 7) is 2.96. The van der Waals surface area contributed by atoms with E-state index in [9.17, 15) is 13.2 Å². The van der Waals surface area contributed by atoms with Gasteiger partial charge in [-0.1, -0.05) is 47.5 Å². The van der Waals surface area contributed by atoms with Crippen LogP contribution in [0.5, 0.6) is 11.5 Å². The molecule has 0 unspecified atom stereocenters. The number of aromatic nitrogens is 3. The van der Waals surface area contributed by atoms with Gasteiger partial charge in [0.15, 0.2) is 11.0 Å². The number of nitrogens with zero attached hydrogens (tertiary/aromatic N) is 4. The van der Waals surface area contributed by atoms with Crippen LogP contribution in [0.1, 0.15) is 30.7 Å². The van der Waals surface area contributed by atoms with Crippen molar-refractivity contribution in [1.29, 1.82) is 0 Å². The Bertz CT molecular complexity index is 1740. The summed E-state index contributed by atoms with van der Waals surface area (Å²) in [5.41, 5.74) is 1.84. The van der Waals surface area contributed by atoms with Gasteiger partial charge in [0, 0.05) is 18.1 Å². The number of nitrogens with one attached hydrogen (secondary N) is 1.